The third-order valence-corrected chi connectivity index (χ3v) is 3.34. The number of fused-ring (bicyclic) bond motifs is 2. The van der Waals surface area contributed by atoms with Gasteiger partial charge in [-0.1, -0.05) is 54.6 Å². The largest absolute Gasteiger partial charge is 0.376 e. The Kier molecular flexibility index (Phi) is 2.87. The van der Waals surface area contributed by atoms with Crippen LogP contribution in [0.1, 0.15) is 22.7 Å². The molecule has 0 fully saturated rings. The minimum absolute atomic E-state index is 0.160. The fourth-order valence-electron chi connectivity index (χ4n) is 2.38. The summed E-state index contributed by atoms with van der Waals surface area (Å²) in [6.45, 7) is 0.583. The molecule has 0 spiro atoms. The molecule has 3 N–H and O–H groups in total. The Morgan fingerprint density at radius 3 is 2.39 bits per heavy atom. The van der Waals surface area contributed by atoms with Crippen molar-refractivity contribution in [1.29, 1.82) is 0 Å². The molecule has 2 aromatic rings. The molecule has 0 unspecified atom stereocenters. The summed E-state index contributed by atoms with van der Waals surface area (Å²) in [6.07, 6.45) is 4.31. The van der Waals surface area contributed by atoms with Crippen molar-refractivity contribution in [2.45, 2.75) is 6.04 Å². The van der Waals surface area contributed by atoms with Crippen LogP contribution in [0.3, 0.4) is 0 Å². The summed E-state index contributed by atoms with van der Waals surface area (Å²) < 4.78 is 0. The van der Waals surface area contributed by atoms with Gasteiger partial charge in [-0.15, -0.1) is 0 Å². The van der Waals surface area contributed by atoms with Gasteiger partial charge >= 0.3 is 0 Å². The Hall–Kier alpha value is -2.06. The summed E-state index contributed by atoms with van der Waals surface area (Å²) in [7, 11) is 0. The lowest BCUT2D eigenvalue weighted by atomic mass is 9.96. The number of anilines is 1. The first-order chi connectivity index (χ1) is 8.88. The molecule has 2 nitrogen and oxygen atoms in total. The van der Waals surface area contributed by atoms with Crippen molar-refractivity contribution in [3.8, 4) is 0 Å². The summed E-state index contributed by atoms with van der Waals surface area (Å²) in [5.41, 5.74) is 10.7. The number of benzene rings is 2. The summed E-state index contributed by atoms with van der Waals surface area (Å²) in [5.74, 6) is 0. The van der Waals surface area contributed by atoms with Crippen molar-refractivity contribution in [2.24, 2.45) is 5.73 Å². The van der Waals surface area contributed by atoms with Gasteiger partial charge in [0.25, 0.3) is 0 Å². The fourth-order valence-corrected chi connectivity index (χ4v) is 2.38. The van der Waals surface area contributed by atoms with Crippen LogP contribution in [0.4, 0.5) is 5.69 Å². The highest BCUT2D eigenvalue weighted by Gasteiger charge is 2.15. The molecule has 1 aliphatic heterocycles. The van der Waals surface area contributed by atoms with Crippen LogP contribution in [0.2, 0.25) is 0 Å². The standard InChI is InChI=1S/C16H16N2/c17-11-16-14-7-3-1-5-12(14)9-10-13-6-2-4-8-15(13)18-16/h1-10,16,18H,11,17H2/t16-/m1/s1. The molecule has 3 rings (SSSR count). The van der Waals surface area contributed by atoms with Crippen LogP contribution in [0, 0.1) is 0 Å². The Bertz CT molecular complexity index is 587. The normalized spacial score (nSPS) is 17.1. The van der Waals surface area contributed by atoms with E-state index in [9.17, 15) is 0 Å². The van der Waals surface area contributed by atoms with E-state index in [0.29, 0.717) is 6.54 Å². The quantitative estimate of drug-likeness (QED) is 0.797. The van der Waals surface area contributed by atoms with Crippen LogP contribution in [0.15, 0.2) is 48.5 Å². The number of rotatable bonds is 1. The molecular formula is C16H16N2. The number of hydrogen-bond acceptors (Lipinski definition) is 2. The zero-order valence-corrected chi connectivity index (χ0v) is 10.1. The van der Waals surface area contributed by atoms with Gasteiger partial charge in [-0.25, -0.2) is 0 Å². The lowest BCUT2D eigenvalue weighted by Gasteiger charge is -2.23. The van der Waals surface area contributed by atoms with Crippen LogP contribution < -0.4 is 11.1 Å². The molecule has 1 atom stereocenters. The minimum atomic E-state index is 0.160. The van der Waals surface area contributed by atoms with Crippen molar-refractivity contribution in [1.82, 2.24) is 0 Å². The molecule has 18 heavy (non-hydrogen) atoms. The predicted molar refractivity (Wildman–Crippen MR) is 77.2 cm³/mol. The Morgan fingerprint density at radius 1 is 0.889 bits per heavy atom. The van der Waals surface area contributed by atoms with Gasteiger partial charge in [-0.3, -0.25) is 0 Å². The van der Waals surface area contributed by atoms with Gasteiger partial charge in [0.15, 0.2) is 0 Å². The molecule has 0 saturated carbocycles. The average molecular weight is 236 g/mol. The van der Waals surface area contributed by atoms with Gasteiger partial charge in [0.05, 0.1) is 6.04 Å². The van der Waals surface area contributed by atoms with E-state index in [-0.39, 0.29) is 6.04 Å². The summed E-state index contributed by atoms with van der Waals surface area (Å²) >= 11 is 0. The second-order valence-corrected chi connectivity index (χ2v) is 4.48. The van der Waals surface area contributed by atoms with E-state index >= 15 is 0 Å². The van der Waals surface area contributed by atoms with Crippen molar-refractivity contribution in [3.63, 3.8) is 0 Å². The lowest BCUT2D eigenvalue weighted by molar-refractivity contribution is 0.787. The maximum atomic E-state index is 5.91. The van der Waals surface area contributed by atoms with Crippen LogP contribution in [-0.2, 0) is 0 Å². The van der Waals surface area contributed by atoms with Crippen molar-refractivity contribution in [2.75, 3.05) is 11.9 Å². The molecule has 0 amide bonds. The SMILES string of the molecule is NC[C@H]1Nc2ccccc2C=Cc2ccccc21. The third-order valence-electron chi connectivity index (χ3n) is 3.34. The molecule has 0 radical (unpaired) electrons. The molecule has 90 valence electrons. The zero-order chi connectivity index (χ0) is 12.4. The first-order valence-electron chi connectivity index (χ1n) is 6.21. The van der Waals surface area contributed by atoms with E-state index in [1.54, 1.807) is 0 Å². The molecule has 0 aliphatic carbocycles. The van der Waals surface area contributed by atoms with E-state index < -0.39 is 0 Å². The maximum absolute atomic E-state index is 5.91. The molecule has 1 aliphatic rings. The Morgan fingerprint density at radius 2 is 1.56 bits per heavy atom. The first-order valence-corrected chi connectivity index (χ1v) is 6.21. The highest BCUT2D eigenvalue weighted by molar-refractivity contribution is 5.79. The smallest absolute Gasteiger partial charge is 0.0642 e. The third kappa shape index (κ3) is 1.91. The van der Waals surface area contributed by atoms with Gasteiger partial charge in [-0.2, -0.15) is 0 Å². The minimum Gasteiger partial charge on any atom is -0.376 e. The number of nitrogens with one attached hydrogen (secondary N) is 1. The van der Waals surface area contributed by atoms with Gasteiger partial charge in [0.1, 0.15) is 0 Å². The average Bonchev–Trinajstić information content (AvgIpc) is 2.41. The van der Waals surface area contributed by atoms with E-state index in [4.69, 9.17) is 5.73 Å². The molecule has 0 saturated heterocycles. The van der Waals surface area contributed by atoms with Gasteiger partial charge in [0, 0.05) is 12.2 Å². The summed E-state index contributed by atoms with van der Waals surface area (Å²) in [4.78, 5) is 0. The van der Waals surface area contributed by atoms with Gasteiger partial charge in [-0.05, 0) is 22.8 Å². The summed E-state index contributed by atoms with van der Waals surface area (Å²) in [6, 6.07) is 16.8. The molecule has 2 aromatic carbocycles. The number of nitrogens with two attached hydrogens (primary N) is 1. The predicted octanol–water partition coefficient (Wildman–Crippen LogP) is 3.28. The van der Waals surface area contributed by atoms with E-state index in [2.05, 4.69) is 59.9 Å². The topological polar surface area (TPSA) is 38.0 Å². The lowest BCUT2D eigenvalue weighted by Crippen LogP contribution is -2.22. The van der Waals surface area contributed by atoms with Gasteiger partial charge in [0.2, 0.25) is 0 Å². The fraction of sp³-hybridized carbons (Fsp3) is 0.125. The number of para-hydroxylation sites is 1. The van der Waals surface area contributed by atoms with Crippen LogP contribution >= 0.6 is 0 Å². The highest BCUT2D eigenvalue weighted by atomic mass is 14.9. The molecular weight excluding hydrogens is 220 g/mol. The zero-order valence-electron chi connectivity index (χ0n) is 10.1. The van der Waals surface area contributed by atoms with Crippen LogP contribution in [0.5, 0.6) is 0 Å². The maximum Gasteiger partial charge on any atom is 0.0642 e. The second-order valence-electron chi connectivity index (χ2n) is 4.48. The highest BCUT2D eigenvalue weighted by Crippen LogP contribution is 2.29. The van der Waals surface area contributed by atoms with Crippen molar-refractivity contribution in [3.05, 3.63) is 65.2 Å². The Balaban J connectivity index is 2.15. The summed E-state index contributed by atoms with van der Waals surface area (Å²) in [5, 5.41) is 3.53. The van der Waals surface area contributed by atoms with E-state index in [0.717, 1.165) is 5.69 Å². The van der Waals surface area contributed by atoms with Crippen LogP contribution in [0.25, 0.3) is 12.2 Å². The number of hydrogen-bond donors (Lipinski definition) is 2. The van der Waals surface area contributed by atoms with Crippen LogP contribution in [-0.4, -0.2) is 6.54 Å². The monoisotopic (exact) mass is 236 g/mol. The van der Waals surface area contributed by atoms with E-state index in [1.807, 2.05) is 6.07 Å². The second kappa shape index (κ2) is 4.67. The van der Waals surface area contributed by atoms with Gasteiger partial charge < -0.3 is 11.1 Å². The molecule has 0 bridgehead atoms. The van der Waals surface area contributed by atoms with E-state index in [1.165, 1.54) is 16.7 Å². The van der Waals surface area contributed by atoms with Crippen molar-refractivity contribution >= 4 is 17.8 Å². The van der Waals surface area contributed by atoms with Crippen molar-refractivity contribution < 1.29 is 0 Å². The molecule has 0 aromatic heterocycles. The first kappa shape index (κ1) is 11.1. The molecule has 2 heteroatoms. The Labute approximate surface area is 107 Å². The molecule has 1 heterocycles.